The Bertz CT molecular complexity index is 512. The molecule has 0 amide bonds. The van der Waals surface area contributed by atoms with Crippen molar-refractivity contribution >= 4 is 16.3 Å². The topological polar surface area (TPSA) is 20.2 Å². The molecule has 1 N–H and O–H groups in total. The molecule has 0 bridgehead atoms. The van der Waals surface area contributed by atoms with Gasteiger partial charge in [0.05, 0.1) is 6.61 Å². The Kier molecular flexibility index (Phi) is 2.57. The van der Waals surface area contributed by atoms with E-state index >= 15 is 0 Å². The number of rotatable bonds is 2. The van der Waals surface area contributed by atoms with E-state index < -0.39 is 0 Å². The van der Waals surface area contributed by atoms with E-state index in [0.29, 0.717) is 0 Å². The molecular formula is C14H14O. The van der Waals surface area contributed by atoms with Crippen LogP contribution in [0.2, 0.25) is 0 Å². The Hall–Kier alpha value is -1.60. The minimum absolute atomic E-state index is 0.0871. The standard InChI is InChI=1S/C14H14O/c1-10(2)11-6-7-14-12(8-11)4-3-5-13(14)9-15/h3-8,15H,1,9H2,2H3. The van der Waals surface area contributed by atoms with Crippen LogP contribution in [0.3, 0.4) is 0 Å². The second kappa shape index (κ2) is 3.87. The zero-order chi connectivity index (χ0) is 10.8. The third-order valence-electron chi connectivity index (χ3n) is 2.63. The summed E-state index contributed by atoms with van der Waals surface area (Å²) < 4.78 is 0. The molecule has 0 fully saturated rings. The normalized spacial score (nSPS) is 10.5. The highest BCUT2D eigenvalue weighted by Crippen LogP contribution is 2.23. The second-order valence-electron chi connectivity index (χ2n) is 3.79. The molecule has 1 nitrogen and oxygen atoms in total. The molecule has 0 aliphatic rings. The Labute approximate surface area is 89.7 Å². The van der Waals surface area contributed by atoms with Gasteiger partial charge in [-0.25, -0.2) is 0 Å². The molecule has 0 heterocycles. The first-order valence-electron chi connectivity index (χ1n) is 5.01. The molecule has 2 aromatic rings. The SMILES string of the molecule is C=C(C)c1ccc2c(CO)cccc2c1. The zero-order valence-corrected chi connectivity index (χ0v) is 8.83. The summed E-state index contributed by atoms with van der Waals surface area (Å²) in [5, 5.41) is 11.5. The number of allylic oxidation sites excluding steroid dienone is 1. The molecule has 0 saturated heterocycles. The lowest BCUT2D eigenvalue weighted by Gasteiger charge is -2.06. The molecule has 0 atom stereocenters. The van der Waals surface area contributed by atoms with E-state index in [1.165, 1.54) is 0 Å². The van der Waals surface area contributed by atoms with Crippen molar-refractivity contribution in [1.82, 2.24) is 0 Å². The van der Waals surface area contributed by atoms with Gasteiger partial charge in [0.15, 0.2) is 0 Å². The lowest BCUT2D eigenvalue weighted by molar-refractivity contribution is 0.283. The van der Waals surface area contributed by atoms with Gasteiger partial charge in [-0.1, -0.05) is 42.5 Å². The van der Waals surface area contributed by atoms with Gasteiger partial charge in [0.2, 0.25) is 0 Å². The van der Waals surface area contributed by atoms with Crippen molar-refractivity contribution in [2.45, 2.75) is 13.5 Å². The van der Waals surface area contributed by atoms with Gasteiger partial charge in [0.25, 0.3) is 0 Å². The molecule has 1 heteroatoms. The van der Waals surface area contributed by atoms with Crippen LogP contribution in [0, 0.1) is 0 Å². The number of fused-ring (bicyclic) bond motifs is 1. The molecule has 0 saturated carbocycles. The molecule has 0 aliphatic heterocycles. The minimum Gasteiger partial charge on any atom is -0.392 e. The molecule has 2 aromatic carbocycles. The van der Waals surface area contributed by atoms with Gasteiger partial charge in [-0.05, 0) is 34.9 Å². The number of aliphatic hydroxyl groups is 1. The Balaban J connectivity index is 2.69. The zero-order valence-electron chi connectivity index (χ0n) is 8.83. The van der Waals surface area contributed by atoms with Crippen LogP contribution in [0.1, 0.15) is 18.1 Å². The summed E-state index contributed by atoms with van der Waals surface area (Å²) in [5.41, 5.74) is 3.18. The lowest BCUT2D eigenvalue weighted by Crippen LogP contribution is -1.86. The largest absolute Gasteiger partial charge is 0.392 e. The van der Waals surface area contributed by atoms with Crippen molar-refractivity contribution < 1.29 is 5.11 Å². The summed E-state index contributed by atoms with van der Waals surface area (Å²) in [6, 6.07) is 12.2. The molecular weight excluding hydrogens is 184 g/mol. The van der Waals surface area contributed by atoms with Crippen LogP contribution in [-0.4, -0.2) is 5.11 Å². The van der Waals surface area contributed by atoms with Gasteiger partial charge in [0.1, 0.15) is 0 Å². The smallest absolute Gasteiger partial charge is 0.0687 e. The third-order valence-corrected chi connectivity index (χ3v) is 2.63. The van der Waals surface area contributed by atoms with E-state index in [4.69, 9.17) is 0 Å². The van der Waals surface area contributed by atoms with Crippen molar-refractivity contribution in [2.24, 2.45) is 0 Å². The summed E-state index contributed by atoms with van der Waals surface area (Å²) in [5.74, 6) is 0. The van der Waals surface area contributed by atoms with E-state index in [1.807, 2.05) is 31.2 Å². The van der Waals surface area contributed by atoms with Gasteiger partial charge in [0, 0.05) is 0 Å². The fourth-order valence-electron chi connectivity index (χ4n) is 1.75. The second-order valence-corrected chi connectivity index (χ2v) is 3.79. The van der Waals surface area contributed by atoms with Gasteiger partial charge in [-0.2, -0.15) is 0 Å². The van der Waals surface area contributed by atoms with Crippen molar-refractivity contribution in [1.29, 1.82) is 0 Å². The van der Waals surface area contributed by atoms with Crippen molar-refractivity contribution in [3.8, 4) is 0 Å². The summed E-state index contributed by atoms with van der Waals surface area (Å²) in [6.07, 6.45) is 0. The predicted octanol–water partition coefficient (Wildman–Crippen LogP) is 3.37. The van der Waals surface area contributed by atoms with Crippen LogP contribution in [0.15, 0.2) is 43.0 Å². The maximum absolute atomic E-state index is 9.20. The van der Waals surface area contributed by atoms with Crippen molar-refractivity contribution in [3.63, 3.8) is 0 Å². The van der Waals surface area contributed by atoms with E-state index in [0.717, 1.165) is 27.5 Å². The Morgan fingerprint density at radius 1 is 1.27 bits per heavy atom. The van der Waals surface area contributed by atoms with Crippen molar-refractivity contribution in [2.75, 3.05) is 0 Å². The average molecular weight is 198 g/mol. The van der Waals surface area contributed by atoms with Gasteiger partial charge in [-0.3, -0.25) is 0 Å². The molecule has 0 aromatic heterocycles. The van der Waals surface area contributed by atoms with Crippen LogP contribution in [-0.2, 0) is 6.61 Å². The molecule has 0 radical (unpaired) electrons. The van der Waals surface area contributed by atoms with E-state index in [-0.39, 0.29) is 6.61 Å². The monoisotopic (exact) mass is 198 g/mol. The van der Waals surface area contributed by atoms with Crippen LogP contribution in [0.25, 0.3) is 16.3 Å². The van der Waals surface area contributed by atoms with E-state index in [2.05, 4.69) is 18.7 Å². The van der Waals surface area contributed by atoms with Gasteiger partial charge in [-0.15, -0.1) is 0 Å². The van der Waals surface area contributed by atoms with Crippen molar-refractivity contribution in [3.05, 3.63) is 54.1 Å². The number of hydrogen-bond donors (Lipinski definition) is 1. The van der Waals surface area contributed by atoms with E-state index in [1.54, 1.807) is 0 Å². The number of benzene rings is 2. The highest BCUT2D eigenvalue weighted by Gasteiger charge is 2.01. The molecule has 0 spiro atoms. The molecule has 0 unspecified atom stereocenters. The predicted molar refractivity (Wildman–Crippen MR) is 64.6 cm³/mol. The number of aliphatic hydroxyl groups excluding tert-OH is 1. The molecule has 2 rings (SSSR count). The highest BCUT2D eigenvalue weighted by atomic mass is 16.3. The first-order chi connectivity index (χ1) is 7.22. The quantitative estimate of drug-likeness (QED) is 0.784. The Morgan fingerprint density at radius 3 is 2.73 bits per heavy atom. The molecule has 15 heavy (non-hydrogen) atoms. The van der Waals surface area contributed by atoms with Crippen LogP contribution >= 0.6 is 0 Å². The minimum atomic E-state index is 0.0871. The summed E-state index contributed by atoms with van der Waals surface area (Å²) >= 11 is 0. The highest BCUT2D eigenvalue weighted by molar-refractivity contribution is 5.88. The van der Waals surface area contributed by atoms with Crippen LogP contribution < -0.4 is 0 Å². The fraction of sp³-hybridized carbons (Fsp3) is 0.143. The molecule has 76 valence electrons. The number of hydrogen-bond acceptors (Lipinski definition) is 1. The summed E-state index contributed by atoms with van der Waals surface area (Å²) in [6.45, 7) is 6.01. The lowest BCUT2D eigenvalue weighted by atomic mass is 10.00. The maximum Gasteiger partial charge on any atom is 0.0687 e. The first-order valence-corrected chi connectivity index (χ1v) is 5.01. The average Bonchev–Trinajstić information content (AvgIpc) is 2.27. The van der Waals surface area contributed by atoms with E-state index in [9.17, 15) is 5.11 Å². The third kappa shape index (κ3) is 1.79. The summed E-state index contributed by atoms with van der Waals surface area (Å²) in [7, 11) is 0. The fourth-order valence-corrected chi connectivity index (χ4v) is 1.75. The summed E-state index contributed by atoms with van der Waals surface area (Å²) in [4.78, 5) is 0. The first kappa shape index (κ1) is 9.94. The Morgan fingerprint density at radius 2 is 2.07 bits per heavy atom. The van der Waals surface area contributed by atoms with Crippen LogP contribution in [0.4, 0.5) is 0 Å². The van der Waals surface area contributed by atoms with Gasteiger partial charge >= 0.3 is 0 Å². The maximum atomic E-state index is 9.20. The molecule has 0 aliphatic carbocycles. The van der Waals surface area contributed by atoms with Crippen LogP contribution in [0.5, 0.6) is 0 Å². The van der Waals surface area contributed by atoms with Gasteiger partial charge < -0.3 is 5.11 Å².